The first-order valence-corrected chi connectivity index (χ1v) is 7.53. The lowest BCUT2D eigenvalue weighted by Gasteiger charge is -2.16. The summed E-state index contributed by atoms with van der Waals surface area (Å²) in [5, 5.41) is 13.6. The van der Waals surface area contributed by atoms with Crippen molar-refractivity contribution in [2.75, 3.05) is 27.2 Å². The monoisotopic (exact) mass is 310 g/mol. The van der Waals surface area contributed by atoms with Crippen molar-refractivity contribution in [3.63, 3.8) is 0 Å². The van der Waals surface area contributed by atoms with Crippen LogP contribution >= 0.6 is 11.6 Å². The zero-order chi connectivity index (χ0) is 14.8. The van der Waals surface area contributed by atoms with E-state index in [1.165, 1.54) is 4.68 Å². The highest BCUT2D eigenvalue weighted by atomic mass is 35.5. The third kappa shape index (κ3) is 4.15. The summed E-state index contributed by atoms with van der Waals surface area (Å²) in [4.78, 5) is 1.72. The molecule has 0 saturated heterocycles. The zero-order valence-electron chi connectivity index (χ0n) is 11.4. The summed E-state index contributed by atoms with van der Waals surface area (Å²) in [6.07, 6.45) is -0.791. The fraction of sp³-hybridized carbons (Fsp3) is 0.700. The van der Waals surface area contributed by atoms with Crippen LogP contribution in [0.25, 0.3) is 0 Å². The van der Waals surface area contributed by atoms with E-state index < -0.39 is 16.1 Å². The molecule has 0 amide bonds. The first-order valence-electron chi connectivity index (χ1n) is 5.66. The Labute approximate surface area is 118 Å². The van der Waals surface area contributed by atoms with E-state index in [9.17, 15) is 13.5 Å². The molecule has 2 N–H and O–H groups in total. The molecular weight excluding hydrogens is 292 g/mol. The molecule has 0 radical (unpaired) electrons. The largest absolute Gasteiger partial charge is 0.390 e. The second kappa shape index (κ2) is 6.19. The van der Waals surface area contributed by atoms with Crippen LogP contribution in [0.3, 0.4) is 0 Å². The summed E-state index contributed by atoms with van der Waals surface area (Å²) in [5.41, 5.74) is 0.321. The first kappa shape index (κ1) is 16.4. The van der Waals surface area contributed by atoms with E-state index in [1.54, 1.807) is 33.0 Å². The highest BCUT2D eigenvalue weighted by Crippen LogP contribution is 2.23. The standard InChI is InChI=1S/C10H19ClN4O3S/c1-7-9(10(11)15(4)13-7)19(17,18)12-5-8(16)6-14(2)3/h8,12,16H,5-6H2,1-4H3. The average Bonchev–Trinajstić information content (AvgIpc) is 2.50. The zero-order valence-corrected chi connectivity index (χ0v) is 13.0. The molecule has 9 heteroatoms. The second-order valence-electron chi connectivity index (χ2n) is 4.60. The molecule has 1 rings (SSSR count). The molecule has 0 aliphatic carbocycles. The molecule has 0 aromatic carbocycles. The molecule has 1 aromatic rings. The number of nitrogens with zero attached hydrogens (tertiary/aromatic N) is 3. The third-order valence-electron chi connectivity index (χ3n) is 2.45. The highest BCUT2D eigenvalue weighted by molar-refractivity contribution is 7.89. The van der Waals surface area contributed by atoms with Gasteiger partial charge in [0, 0.05) is 20.1 Å². The van der Waals surface area contributed by atoms with Gasteiger partial charge in [-0.05, 0) is 21.0 Å². The summed E-state index contributed by atoms with van der Waals surface area (Å²) >= 11 is 5.91. The maximum absolute atomic E-state index is 12.1. The minimum absolute atomic E-state index is 0.0475. The Hall–Kier alpha value is -0.670. The third-order valence-corrected chi connectivity index (χ3v) is 4.57. The van der Waals surface area contributed by atoms with Gasteiger partial charge < -0.3 is 10.0 Å². The minimum Gasteiger partial charge on any atom is -0.390 e. The van der Waals surface area contributed by atoms with Gasteiger partial charge in [0.15, 0.2) is 0 Å². The Bertz CT molecular complexity index is 541. The van der Waals surface area contributed by atoms with Crippen molar-refractivity contribution in [3.05, 3.63) is 10.8 Å². The van der Waals surface area contributed by atoms with Crippen molar-refractivity contribution >= 4 is 21.6 Å². The number of aliphatic hydroxyl groups is 1. The maximum atomic E-state index is 12.1. The van der Waals surface area contributed by atoms with Gasteiger partial charge >= 0.3 is 0 Å². The van der Waals surface area contributed by atoms with Gasteiger partial charge in [-0.3, -0.25) is 4.68 Å². The Morgan fingerprint density at radius 2 is 2.11 bits per heavy atom. The van der Waals surface area contributed by atoms with Gasteiger partial charge in [-0.2, -0.15) is 5.10 Å². The predicted molar refractivity (Wildman–Crippen MR) is 72.7 cm³/mol. The Balaban J connectivity index is 2.82. The molecule has 0 fully saturated rings. The van der Waals surface area contributed by atoms with Crippen LogP contribution in [0.1, 0.15) is 5.69 Å². The summed E-state index contributed by atoms with van der Waals surface area (Å²) in [6, 6.07) is 0. The molecule has 0 saturated carbocycles. The van der Waals surface area contributed by atoms with Crippen molar-refractivity contribution in [2.45, 2.75) is 17.9 Å². The summed E-state index contributed by atoms with van der Waals surface area (Å²) in [5.74, 6) is 0. The number of hydrogen-bond acceptors (Lipinski definition) is 5. The van der Waals surface area contributed by atoms with Crippen LogP contribution in [0.4, 0.5) is 0 Å². The molecule has 1 atom stereocenters. The van der Waals surface area contributed by atoms with E-state index in [-0.39, 0.29) is 16.6 Å². The van der Waals surface area contributed by atoms with Crippen LogP contribution in [0, 0.1) is 6.92 Å². The van der Waals surface area contributed by atoms with Crippen molar-refractivity contribution in [1.82, 2.24) is 19.4 Å². The number of aliphatic hydroxyl groups excluding tert-OH is 1. The molecule has 1 unspecified atom stereocenters. The highest BCUT2D eigenvalue weighted by Gasteiger charge is 2.25. The molecule has 0 bridgehead atoms. The minimum atomic E-state index is -3.78. The lowest BCUT2D eigenvalue weighted by molar-refractivity contribution is 0.140. The van der Waals surface area contributed by atoms with Crippen molar-refractivity contribution in [2.24, 2.45) is 7.05 Å². The van der Waals surface area contributed by atoms with Crippen molar-refractivity contribution in [3.8, 4) is 0 Å². The normalized spacial score (nSPS) is 14.1. The fourth-order valence-electron chi connectivity index (χ4n) is 1.68. The molecule has 0 aliphatic heterocycles. The Morgan fingerprint density at radius 1 is 1.53 bits per heavy atom. The molecule has 1 aromatic heterocycles. The summed E-state index contributed by atoms with van der Waals surface area (Å²) in [7, 11) is 1.37. The van der Waals surface area contributed by atoms with Gasteiger partial charge in [0.05, 0.1) is 11.8 Å². The number of hydrogen-bond donors (Lipinski definition) is 2. The number of aryl methyl sites for hydroxylation is 2. The molecule has 0 aliphatic rings. The van der Waals surface area contributed by atoms with Crippen LogP contribution in [0.2, 0.25) is 5.15 Å². The molecule has 7 nitrogen and oxygen atoms in total. The van der Waals surface area contributed by atoms with E-state index in [0.717, 1.165) is 0 Å². The van der Waals surface area contributed by atoms with Crippen molar-refractivity contribution in [1.29, 1.82) is 0 Å². The number of sulfonamides is 1. The number of nitrogens with one attached hydrogen (secondary N) is 1. The van der Waals surface area contributed by atoms with Gasteiger partial charge in [0.25, 0.3) is 0 Å². The molecule has 0 spiro atoms. The lowest BCUT2D eigenvalue weighted by Crippen LogP contribution is -2.37. The molecule has 19 heavy (non-hydrogen) atoms. The van der Waals surface area contributed by atoms with E-state index in [2.05, 4.69) is 9.82 Å². The number of rotatable bonds is 6. The Kier molecular flexibility index (Phi) is 5.34. The van der Waals surface area contributed by atoms with Gasteiger partial charge in [0.1, 0.15) is 10.0 Å². The SMILES string of the molecule is Cc1nn(C)c(Cl)c1S(=O)(=O)NCC(O)CN(C)C. The topological polar surface area (TPSA) is 87.5 Å². The van der Waals surface area contributed by atoms with Crippen molar-refractivity contribution < 1.29 is 13.5 Å². The van der Waals surface area contributed by atoms with Gasteiger partial charge in [-0.15, -0.1) is 0 Å². The maximum Gasteiger partial charge on any atom is 0.245 e. The number of halogens is 1. The van der Waals surface area contributed by atoms with Gasteiger partial charge in [-0.25, -0.2) is 13.1 Å². The van der Waals surface area contributed by atoms with Gasteiger partial charge in [0.2, 0.25) is 10.0 Å². The quantitative estimate of drug-likeness (QED) is 0.745. The van der Waals surface area contributed by atoms with E-state index in [1.807, 2.05) is 0 Å². The second-order valence-corrected chi connectivity index (χ2v) is 6.66. The molecular formula is C10H19ClN4O3S. The van der Waals surface area contributed by atoms with Crippen LogP contribution in [0.5, 0.6) is 0 Å². The smallest absolute Gasteiger partial charge is 0.245 e. The molecule has 110 valence electrons. The lowest BCUT2D eigenvalue weighted by atomic mass is 10.3. The summed E-state index contributed by atoms with van der Waals surface area (Å²) < 4.78 is 27.8. The number of likely N-dealkylation sites (N-methyl/N-ethyl adjacent to an activating group) is 1. The Morgan fingerprint density at radius 3 is 2.53 bits per heavy atom. The molecule has 1 heterocycles. The van der Waals surface area contributed by atoms with Crippen LogP contribution in [-0.4, -0.2) is 61.5 Å². The van der Waals surface area contributed by atoms with Crippen LogP contribution in [0.15, 0.2) is 4.90 Å². The van der Waals surface area contributed by atoms with E-state index >= 15 is 0 Å². The first-order chi connectivity index (χ1) is 8.65. The number of aromatic nitrogens is 2. The van der Waals surface area contributed by atoms with E-state index in [4.69, 9.17) is 11.6 Å². The fourth-order valence-corrected chi connectivity index (χ4v) is 3.50. The van der Waals surface area contributed by atoms with Crippen LogP contribution < -0.4 is 4.72 Å². The summed E-state index contributed by atoms with van der Waals surface area (Å²) in [6.45, 7) is 1.85. The predicted octanol–water partition coefficient (Wildman–Crippen LogP) is -0.417. The van der Waals surface area contributed by atoms with E-state index in [0.29, 0.717) is 12.2 Å². The van der Waals surface area contributed by atoms with Crippen LogP contribution in [-0.2, 0) is 17.1 Å². The van der Waals surface area contributed by atoms with Gasteiger partial charge in [-0.1, -0.05) is 11.6 Å². The average molecular weight is 311 g/mol.